The van der Waals surface area contributed by atoms with Gasteiger partial charge in [0.2, 0.25) is 0 Å². The largest absolute Gasteiger partial charge is 0.469 e. The molecule has 2 unspecified atom stereocenters. The lowest BCUT2D eigenvalue weighted by molar-refractivity contribution is 0.0605. The summed E-state index contributed by atoms with van der Waals surface area (Å²) >= 11 is 1.76. The number of rotatable bonds is 24. The normalized spacial score (nSPS) is 13.7. The lowest BCUT2D eigenvalue weighted by atomic mass is 9.88. The monoisotopic (exact) mass is 530 g/mol. The molecule has 0 saturated carbocycles. The Morgan fingerprint density at radius 3 is 1.91 bits per heavy atom. The minimum atomic E-state index is -4.42. The van der Waals surface area contributed by atoms with Gasteiger partial charge in [-0.2, -0.15) is 11.8 Å². The summed E-state index contributed by atoms with van der Waals surface area (Å²) < 4.78 is 20.6. The van der Waals surface area contributed by atoms with E-state index in [4.69, 9.17) is 14.5 Å². The number of methoxy groups -OCH3 is 1. The molecule has 2 atom stereocenters. The van der Waals surface area contributed by atoms with E-state index in [0.29, 0.717) is 11.7 Å². The maximum absolute atomic E-state index is 10.8. The number of phosphoric ester groups is 1. The second-order valence-electron chi connectivity index (χ2n) is 9.65. The number of hydrogen-bond donors (Lipinski definition) is 2. The minimum Gasteiger partial charge on any atom is -0.378 e. The third kappa shape index (κ3) is 19.4. The second-order valence-corrected chi connectivity index (χ2v) is 12.0. The van der Waals surface area contributed by atoms with E-state index < -0.39 is 7.82 Å². The SMILES string of the molecule is CCCCCCCCCC(CCCCCCCCSCC(COP(=O)(O)O)OC)c1ccccc1. The lowest BCUT2D eigenvalue weighted by Crippen LogP contribution is -2.20. The van der Waals surface area contributed by atoms with Crippen LogP contribution in [0.15, 0.2) is 30.3 Å². The van der Waals surface area contributed by atoms with Gasteiger partial charge in [0.05, 0.1) is 12.7 Å². The average Bonchev–Trinajstić information content (AvgIpc) is 2.85. The number of unbranched alkanes of at least 4 members (excludes halogenated alkanes) is 11. The fraction of sp³-hybridized carbons (Fsp3) is 0.786. The molecule has 0 bridgehead atoms. The van der Waals surface area contributed by atoms with Crippen LogP contribution in [0.5, 0.6) is 0 Å². The van der Waals surface area contributed by atoms with E-state index in [1.54, 1.807) is 18.9 Å². The maximum Gasteiger partial charge on any atom is 0.469 e. The van der Waals surface area contributed by atoms with E-state index in [1.807, 2.05) is 0 Å². The predicted octanol–water partition coefficient (Wildman–Crippen LogP) is 8.50. The van der Waals surface area contributed by atoms with Gasteiger partial charge >= 0.3 is 7.82 Å². The van der Waals surface area contributed by atoms with Gasteiger partial charge in [0.1, 0.15) is 0 Å². The van der Waals surface area contributed by atoms with Gasteiger partial charge in [-0.05, 0) is 36.5 Å². The molecule has 0 spiro atoms. The molecule has 35 heavy (non-hydrogen) atoms. The summed E-state index contributed by atoms with van der Waals surface area (Å²) in [6, 6.07) is 11.1. The van der Waals surface area contributed by atoms with E-state index in [9.17, 15) is 4.57 Å². The number of thioether (sulfide) groups is 1. The van der Waals surface area contributed by atoms with Crippen LogP contribution < -0.4 is 0 Å². The van der Waals surface area contributed by atoms with E-state index in [1.165, 1.54) is 102 Å². The van der Waals surface area contributed by atoms with Crippen LogP contribution in [0.25, 0.3) is 0 Å². The van der Waals surface area contributed by atoms with Crippen molar-refractivity contribution in [2.24, 2.45) is 0 Å². The molecule has 0 aliphatic heterocycles. The van der Waals surface area contributed by atoms with Gasteiger partial charge in [-0.3, -0.25) is 4.52 Å². The van der Waals surface area contributed by atoms with Crippen LogP contribution in [0.1, 0.15) is 115 Å². The average molecular weight is 531 g/mol. The van der Waals surface area contributed by atoms with Crippen molar-refractivity contribution in [3.05, 3.63) is 35.9 Å². The topological polar surface area (TPSA) is 76.0 Å². The summed E-state index contributed by atoms with van der Waals surface area (Å²) in [4.78, 5) is 17.6. The van der Waals surface area contributed by atoms with Gasteiger partial charge in [0, 0.05) is 12.9 Å². The molecule has 5 nitrogen and oxygen atoms in total. The fourth-order valence-electron chi connectivity index (χ4n) is 4.43. The molecular weight excluding hydrogens is 479 g/mol. The molecule has 0 aromatic heterocycles. The van der Waals surface area contributed by atoms with Crippen LogP contribution in [0.4, 0.5) is 0 Å². The molecule has 0 heterocycles. The van der Waals surface area contributed by atoms with E-state index in [-0.39, 0.29) is 12.7 Å². The van der Waals surface area contributed by atoms with Crippen LogP contribution >= 0.6 is 19.6 Å². The third-order valence-corrected chi connectivity index (χ3v) is 8.25. The molecule has 0 fully saturated rings. The molecule has 0 aliphatic rings. The Bertz CT molecular complexity index is 639. The highest BCUT2D eigenvalue weighted by atomic mass is 32.2. The van der Waals surface area contributed by atoms with Crippen LogP contribution in [0.2, 0.25) is 0 Å². The van der Waals surface area contributed by atoms with Crippen LogP contribution in [0.3, 0.4) is 0 Å². The Morgan fingerprint density at radius 1 is 0.829 bits per heavy atom. The molecule has 7 heteroatoms. The van der Waals surface area contributed by atoms with Gasteiger partial charge in [-0.25, -0.2) is 4.57 Å². The Balaban J connectivity index is 2.10. The molecule has 204 valence electrons. The zero-order valence-electron chi connectivity index (χ0n) is 22.2. The zero-order chi connectivity index (χ0) is 25.6. The molecular formula is C28H51O5PS. The smallest absolute Gasteiger partial charge is 0.378 e. The molecule has 0 radical (unpaired) electrons. The Kier molecular flexibility index (Phi) is 20.3. The van der Waals surface area contributed by atoms with Crippen molar-refractivity contribution < 1.29 is 23.6 Å². The highest BCUT2D eigenvalue weighted by Gasteiger charge is 2.18. The van der Waals surface area contributed by atoms with Crippen LogP contribution in [-0.4, -0.2) is 41.1 Å². The highest BCUT2D eigenvalue weighted by molar-refractivity contribution is 7.99. The van der Waals surface area contributed by atoms with Gasteiger partial charge in [0.25, 0.3) is 0 Å². The van der Waals surface area contributed by atoms with Gasteiger partial charge in [-0.15, -0.1) is 0 Å². The summed E-state index contributed by atoms with van der Waals surface area (Å²) in [6.45, 7) is 2.21. The molecule has 0 saturated heterocycles. The van der Waals surface area contributed by atoms with Gasteiger partial charge < -0.3 is 14.5 Å². The number of phosphoric acid groups is 1. The first-order valence-corrected chi connectivity index (χ1v) is 16.5. The van der Waals surface area contributed by atoms with Gasteiger partial charge in [-0.1, -0.05) is 114 Å². The molecule has 0 aliphatic carbocycles. The Labute approximate surface area is 219 Å². The van der Waals surface area contributed by atoms with Crippen molar-refractivity contribution in [2.75, 3.05) is 25.2 Å². The Hall–Kier alpha value is -0.360. The first-order chi connectivity index (χ1) is 17.0. The third-order valence-electron chi connectivity index (χ3n) is 6.58. The molecule has 1 aromatic rings. The second kappa shape index (κ2) is 21.7. The maximum atomic E-state index is 10.8. The van der Waals surface area contributed by atoms with Crippen molar-refractivity contribution in [3.8, 4) is 0 Å². The first-order valence-electron chi connectivity index (χ1n) is 13.8. The van der Waals surface area contributed by atoms with E-state index in [0.717, 1.165) is 5.75 Å². The quantitative estimate of drug-likeness (QED) is 0.103. The molecule has 0 amide bonds. The summed E-state index contributed by atoms with van der Waals surface area (Å²) in [7, 11) is -2.88. The van der Waals surface area contributed by atoms with Crippen molar-refractivity contribution in [1.82, 2.24) is 0 Å². The van der Waals surface area contributed by atoms with Crippen molar-refractivity contribution in [1.29, 1.82) is 0 Å². The minimum absolute atomic E-state index is 0.0727. The fourth-order valence-corrected chi connectivity index (χ4v) is 5.86. The highest BCUT2D eigenvalue weighted by Crippen LogP contribution is 2.36. The number of hydrogen-bond acceptors (Lipinski definition) is 4. The lowest BCUT2D eigenvalue weighted by Gasteiger charge is -2.17. The number of ether oxygens (including phenoxy) is 1. The molecule has 1 aromatic carbocycles. The van der Waals surface area contributed by atoms with Crippen LogP contribution in [0, 0.1) is 0 Å². The predicted molar refractivity (Wildman–Crippen MR) is 150 cm³/mol. The van der Waals surface area contributed by atoms with Crippen molar-refractivity contribution >= 4 is 19.6 Å². The number of benzene rings is 1. The molecule has 2 N–H and O–H groups in total. The first kappa shape index (κ1) is 32.7. The summed E-state index contributed by atoms with van der Waals surface area (Å²) in [5, 5.41) is 0. The Morgan fingerprint density at radius 2 is 1.37 bits per heavy atom. The zero-order valence-corrected chi connectivity index (χ0v) is 24.0. The molecule has 1 rings (SSSR count). The van der Waals surface area contributed by atoms with Gasteiger partial charge in [0.15, 0.2) is 0 Å². The van der Waals surface area contributed by atoms with Crippen LogP contribution in [-0.2, 0) is 13.8 Å². The standard InChI is InChI=1S/C28H51O5PS/c1-3-4-5-6-7-10-14-19-26(27-21-16-13-17-22-27)20-15-11-8-9-12-18-23-35-25-28(32-2)24-33-34(29,30)31/h13,16-17,21-22,26,28H,3-12,14-15,18-20,23-25H2,1-2H3,(H2,29,30,31). The van der Waals surface area contributed by atoms with Crippen molar-refractivity contribution in [2.45, 2.75) is 115 Å². The van der Waals surface area contributed by atoms with E-state index in [2.05, 4.69) is 41.8 Å². The summed E-state index contributed by atoms with van der Waals surface area (Å²) in [5.74, 6) is 2.45. The summed E-state index contributed by atoms with van der Waals surface area (Å²) in [5.41, 5.74) is 1.52. The van der Waals surface area contributed by atoms with E-state index >= 15 is 0 Å². The van der Waals surface area contributed by atoms with Crippen molar-refractivity contribution in [3.63, 3.8) is 0 Å². The summed E-state index contributed by atoms with van der Waals surface area (Å²) in [6.07, 6.45) is 19.6.